The van der Waals surface area contributed by atoms with Crippen molar-refractivity contribution in [2.45, 2.75) is 6.54 Å². The summed E-state index contributed by atoms with van der Waals surface area (Å²) < 4.78 is 20.3. The molecule has 0 radical (unpaired) electrons. The molecule has 0 fully saturated rings. The third-order valence-corrected chi connectivity index (χ3v) is 4.42. The van der Waals surface area contributed by atoms with Crippen LogP contribution >= 0.6 is 0 Å². The molecule has 0 saturated heterocycles. The van der Waals surface area contributed by atoms with Gasteiger partial charge in [-0.1, -0.05) is 24.3 Å². The summed E-state index contributed by atoms with van der Waals surface area (Å²) in [5.74, 6) is 1.28. The lowest BCUT2D eigenvalue weighted by Gasteiger charge is -2.09. The highest BCUT2D eigenvalue weighted by molar-refractivity contribution is 5.99. The van der Waals surface area contributed by atoms with Gasteiger partial charge in [-0.05, 0) is 29.8 Å². The van der Waals surface area contributed by atoms with Gasteiger partial charge in [0.15, 0.2) is 5.65 Å². The van der Waals surface area contributed by atoms with E-state index in [4.69, 9.17) is 10.5 Å². The Kier molecular flexibility index (Phi) is 4.52. The number of aromatic nitrogens is 4. The number of benzene rings is 2. The van der Waals surface area contributed by atoms with Gasteiger partial charge in [0, 0.05) is 19.2 Å². The van der Waals surface area contributed by atoms with Gasteiger partial charge in [0.1, 0.15) is 17.4 Å². The first-order valence-electron chi connectivity index (χ1n) is 8.68. The number of hydrogen-bond donors (Lipinski definition) is 2. The van der Waals surface area contributed by atoms with Crippen LogP contribution in [0.2, 0.25) is 0 Å². The van der Waals surface area contributed by atoms with Crippen LogP contribution in [-0.4, -0.2) is 26.9 Å². The van der Waals surface area contributed by atoms with E-state index in [0.29, 0.717) is 40.8 Å². The van der Waals surface area contributed by atoms with Gasteiger partial charge in [-0.3, -0.25) is 4.68 Å². The zero-order valence-corrected chi connectivity index (χ0v) is 15.5. The Morgan fingerprint density at radius 1 is 1.14 bits per heavy atom. The van der Waals surface area contributed by atoms with E-state index >= 15 is 0 Å². The van der Waals surface area contributed by atoms with Crippen molar-refractivity contribution in [1.82, 2.24) is 19.7 Å². The fourth-order valence-electron chi connectivity index (χ4n) is 3.00. The molecule has 2 heterocycles. The highest BCUT2D eigenvalue weighted by atomic mass is 19.1. The second-order valence-electron chi connectivity index (χ2n) is 6.32. The second kappa shape index (κ2) is 7.15. The van der Waals surface area contributed by atoms with Crippen LogP contribution in [0, 0.1) is 5.82 Å². The zero-order valence-electron chi connectivity index (χ0n) is 15.5. The number of ether oxygens (including phenoxy) is 1. The van der Waals surface area contributed by atoms with Crippen molar-refractivity contribution in [3.05, 3.63) is 59.9 Å². The highest BCUT2D eigenvalue weighted by Crippen LogP contribution is 2.32. The number of nitrogens with zero attached hydrogens (tertiary/aromatic N) is 4. The van der Waals surface area contributed by atoms with Crippen LogP contribution in [-0.2, 0) is 13.6 Å². The molecule has 0 unspecified atom stereocenters. The number of hydrogen-bond acceptors (Lipinski definition) is 6. The van der Waals surface area contributed by atoms with Crippen LogP contribution in [0.5, 0.6) is 5.75 Å². The van der Waals surface area contributed by atoms with Crippen LogP contribution in [0.1, 0.15) is 5.56 Å². The van der Waals surface area contributed by atoms with Crippen LogP contribution in [0.3, 0.4) is 0 Å². The summed E-state index contributed by atoms with van der Waals surface area (Å²) in [7, 11) is 3.37. The van der Waals surface area contributed by atoms with Crippen LogP contribution in [0.15, 0.2) is 48.5 Å². The summed E-state index contributed by atoms with van der Waals surface area (Å²) in [5.41, 5.74) is 8.95. The number of halogens is 1. The van der Waals surface area contributed by atoms with Crippen molar-refractivity contribution in [2.24, 2.45) is 7.05 Å². The fraction of sp³-hybridized carbons (Fsp3) is 0.150. The molecule has 3 N–H and O–H groups in total. The topological polar surface area (TPSA) is 90.9 Å². The number of methoxy groups -OCH3 is 1. The van der Waals surface area contributed by atoms with Gasteiger partial charge in [0.2, 0.25) is 5.95 Å². The molecule has 7 nitrogen and oxygen atoms in total. The Labute approximate surface area is 161 Å². The van der Waals surface area contributed by atoms with E-state index in [1.807, 2.05) is 30.3 Å². The van der Waals surface area contributed by atoms with Crippen molar-refractivity contribution in [3.63, 3.8) is 0 Å². The van der Waals surface area contributed by atoms with Crippen molar-refractivity contribution >= 4 is 22.8 Å². The molecule has 0 spiro atoms. The minimum atomic E-state index is -0.287. The summed E-state index contributed by atoms with van der Waals surface area (Å²) in [6.07, 6.45) is 0. The lowest BCUT2D eigenvalue weighted by molar-refractivity contribution is 0.415. The maximum Gasteiger partial charge on any atom is 0.225 e. The summed E-state index contributed by atoms with van der Waals surface area (Å²) in [5, 5.41) is 8.19. The molecule has 142 valence electrons. The van der Waals surface area contributed by atoms with Crippen LogP contribution in [0.25, 0.3) is 22.3 Å². The van der Waals surface area contributed by atoms with Crippen LogP contribution in [0.4, 0.5) is 16.2 Å². The predicted molar refractivity (Wildman–Crippen MR) is 106 cm³/mol. The molecule has 4 rings (SSSR count). The summed E-state index contributed by atoms with van der Waals surface area (Å²) in [4.78, 5) is 9.12. The standard InChI is InChI=1S/C20H19FN6O/c1-27-18(22)16-17(13-6-4-8-15(10-13)28-2)24-20(25-19(16)26-27)23-11-12-5-3-7-14(21)9-12/h3-10H,11,22H2,1-2H3,(H,23,25,26). The van der Waals surface area contributed by atoms with E-state index < -0.39 is 0 Å². The second-order valence-corrected chi connectivity index (χ2v) is 6.32. The van der Waals surface area contributed by atoms with Crippen molar-refractivity contribution in [1.29, 1.82) is 0 Å². The summed E-state index contributed by atoms with van der Waals surface area (Å²) in [6.45, 7) is 0.378. The molecule has 0 aliphatic carbocycles. The van der Waals surface area contributed by atoms with E-state index in [0.717, 1.165) is 11.1 Å². The molecule has 0 aliphatic rings. The minimum Gasteiger partial charge on any atom is -0.497 e. The maximum absolute atomic E-state index is 13.4. The van der Waals surface area contributed by atoms with E-state index in [9.17, 15) is 4.39 Å². The summed E-state index contributed by atoms with van der Waals surface area (Å²) >= 11 is 0. The van der Waals surface area contributed by atoms with Gasteiger partial charge in [0.25, 0.3) is 0 Å². The zero-order chi connectivity index (χ0) is 19.7. The average molecular weight is 378 g/mol. The van der Waals surface area contributed by atoms with Gasteiger partial charge in [-0.15, -0.1) is 0 Å². The first-order valence-corrected chi connectivity index (χ1v) is 8.68. The van der Waals surface area contributed by atoms with Crippen LogP contribution < -0.4 is 15.8 Å². The largest absolute Gasteiger partial charge is 0.497 e. The fourth-order valence-corrected chi connectivity index (χ4v) is 3.00. The third kappa shape index (κ3) is 3.32. The first-order chi connectivity index (χ1) is 13.5. The van der Waals surface area contributed by atoms with E-state index in [-0.39, 0.29) is 5.82 Å². The number of nitrogens with one attached hydrogen (secondary N) is 1. The number of aryl methyl sites for hydroxylation is 1. The smallest absolute Gasteiger partial charge is 0.225 e. The first kappa shape index (κ1) is 17.7. The van der Waals surface area contributed by atoms with Crippen molar-refractivity contribution < 1.29 is 9.13 Å². The molecule has 0 bridgehead atoms. The molecule has 2 aromatic heterocycles. The Bertz CT molecular complexity index is 1160. The summed E-state index contributed by atoms with van der Waals surface area (Å²) in [6, 6.07) is 13.9. The highest BCUT2D eigenvalue weighted by Gasteiger charge is 2.17. The Morgan fingerprint density at radius 2 is 1.96 bits per heavy atom. The van der Waals surface area contributed by atoms with E-state index in [1.165, 1.54) is 12.1 Å². The minimum absolute atomic E-state index is 0.287. The Hall–Kier alpha value is -3.68. The van der Waals surface area contributed by atoms with Gasteiger partial charge in [-0.2, -0.15) is 10.1 Å². The predicted octanol–water partition coefficient (Wildman–Crippen LogP) is 3.37. The Balaban J connectivity index is 1.78. The third-order valence-electron chi connectivity index (χ3n) is 4.42. The molecule has 0 atom stereocenters. The molecule has 0 aliphatic heterocycles. The SMILES string of the molecule is COc1cccc(-c2nc(NCc3cccc(F)c3)nc3nn(C)c(N)c23)c1. The molecule has 0 amide bonds. The molecular weight excluding hydrogens is 359 g/mol. The number of nitrogens with two attached hydrogens (primary N) is 1. The number of fused-ring (bicyclic) bond motifs is 1. The van der Waals surface area contributed by atoms with Gasteiger partial charge < -0.3 is 15.8 Å². The Morgan fingerprint density at radius 3 is 2.75 bits per heavy atom. The quantitative estimate of drug-likeness (QED) is 0.553. The van der Waals surface area contributed by atoms with Gasteiger partial charge in [0.05, 0.1) is 18.2 Å². The van der Waals surface area contributed by atoms with E-state index in [1.54, 1.807) is 24.9 Å². The molecule has 2 aromatic carbocycles. The number of rotatable bonds is 5. The van der Waals surface area contributed by atoms with Crippen molar-refractivity contribution in [2.75, 3.05) is 18.2 Å². The lowest BCUT2D eigenvalue weighted by atomic mass is 10.1. The average Bonchev–Trinajstić information content (AvgIpc) is 2.99. The molecule has 0 saturated carbocycles. The number of anilines is 2. The molecule has 8 heteroatoms. The molecule has 28 heavy (non-hydrogen) atoms. The lowest BCUT2D eigenvalue weighted by Crippen LogP contribution is -2.05. The molecular formula is C20H19FN6O. The normalized spacial score (nSPS) is 11.0. The van der Waals surface area contributed by atoms with Crippen molar-refractivity contribution in [3.8, 4) is 17.0 Å². The van der Waals surface area contributed by atoms with Gasteiger partial charge in [-0.25, -0.2) is 9.37 Å². The van der Waals surface area contributed by atoms with Gasteiger partial charge >= 0.3 is 0 Å². The monoisotopic (exact) mass is 378 g/mol. The molecule has 4 aromatic rings. The van der Waals surface area contributed by atoms with E-state index in [2.05, 4.69) is 20.4 Å². The number of nitrogen functional groups attached to an aromatic ring is 1. The maximum atomic E-state index is 13.4.